The van der Waals surface area contributed by atoms with Crippen molar-refractivity contribution in [3.05, 3.63) is 129 Å². The minimum absolute atomic E-state index is 0.0474. The van der Waals surface area contributed by atoms with E-state index in [9.17, 15) is 9.59 Å². The normalized spacial score (nSPS) is 14.2. The smallest absolute Gasteiger partial charge is 0.255 e. The van der Waals surface area contributed by atoms with Crippen molar-refractivity contribution in [3.63, 3.8) is 0 Å². The number of carbonyl (C=O) groups is 2. The number of aryl methyl sites for hydroxylation is 5. The van der Waals surface area contributed by atoms with E-state index < -0.39 is 0 Å². The standard InChI is InChI=1S/C18H21NO.C17H19NO/c1-11-6-8-16(10-13(11)3)19-18(20)17-9-7-12(2)14(4)15(17)5;1-11-8-9-15(10-13(11)3)18-17(19)16-7-5-6-12(2)14(16)4/h6-10H,1-5H3,(H,19,20);5-10,12H,4H2,1-3H3,(H,18,19). The molecule has 0 saturated carbocycles. The van der Waals surface area contributed by atoms with Crippen molar-refractivity contribution in [1.82, 2.24) is 0 Å². The van der Waals surface area contributed by atoms with Crippen molar-refractivity contribution >= 4 is 23.2 Å². The van der Waals surface area contributed by atoms with Crippen LogP contribution in [0.1, 0.15) is 56.2 Å². The fourth-order valence-electron chi connectivity index (χ4n) is 4.25. The zero-order valence-electron chi connectivity index (χ0n) is 24.5. The predicted octanol–water partition coefficient (Wildman–Crippen LogP) is 8.41. The molecule has 4 heteroatoms. The first kappa shape index (κ1) is 29.4. The largest absolute Gasteiger partial charge is 0.322 e. The van der Waals surface area contributed by atoms with E-state index in [-0.39, 0.29) is 17.7 Å². The second-order valence-corrected chi connectivity index (χ2v) is 10.5. The summed E-state index contributed by atoms with van der Waals surface area (Å²) in [5, 5.41) is 5.90. The van der Waals surface area contributed by atoms with E-state index >= 15 is 0 Å². The second-order valence-electron chi connectivity index (χ2n) is 10.5. The Kier molecular flexibility index (Phi) is 9.47. The van der Waals surface area contributed by atoms with Gasteiger partial charge in [-0.1, -0.05) is 43.9 Å². The summed E-state index contributed by atoms with van der Waals surface area (Å²) in [6.07, 6.45) is 5.77. The summed E-state index contributed by atoms with van der Waals surface area (Å²) in [5.41, 5.74) is 12.2. The molecule has 3 aromatic rings. The summed E-state index contributed by atoms with van der Waals surface area (Å²) in [6.45, 7) is 20.3. The van der Waals surface area contributed by atoms with Gasteiger partial charge in [0.1, 0.15) is 0 Å². The van der Waals surface area contributed by atoms with Crippen LogP contribution in [0.5, 0.6) is 0 Å². The first-order valence-corrected chi connectivity index (χ1v) is 13.3. The van der Waals surface area contributed by atoms with Gasteiger partial charge in [-0.2, -0.15) is 0 Å². The van der Waals surface area contributed by atoms with Crippen LogP contribution in [-0.4, -0.2) is 11.8 Å². The number of rotatable bonds is 4. The maximum atomic E-state index is 12.4. The molecule has 0 saturated heterocycles. The summed E-state index contributed by atoms with van der Waals surface area (Å²) < 4.78 is 0. The summed E-state index contributed by atoms with van der Waals surface area (Å²) >= 11 is 0. The van der Waals surface area contributed by atoms with Crippen molar-refractivity contribution < 1.29 is 9.59 Å². The topological polar surface area (TPSA) is 58.2 Å². The number of hydrogen-bond acceptors (Lipinski definition) is 2. The number of anilines is 2. The number of allylic oxidation sites excluding steroid dienone is 3. The molecule has 4 nitrogen and oxygen atoms in total. The molecule has 1 atom stereocenters. The van der Waals surface area contributed by atoms with Gasteiger partial charge in [-0.05, 0) is 135 Å². The van der Waals surface area contributed by atoms with E-state index in [1.165, 1.54) is 33.4 Å². The average molecular weight is 521 g/mol. The fourth-order valence-corrected chi connectivity index (χ4v) is 4.25. The molecule has 1 aliphatic rings. The highest BCUT2D eigenvalue weighted by Crippen LogP contribution is 2.25. The lowest BCUT2D eigenvalue weighted by Crippen LogP contribution is -2.18. The molecule has 2 amide bonds. The molecule has 0 aliphatic heterocycles. The zero-order valence-corrected chi connectivity index (χ0v) is 24.5. The summed E-state index contributed by atoms with van der Waals surface area (Å²) in [6, 6.07) is 15.8. The van der Waals surface area contributed by atoms with E-state index in [0.717, 1.165) is 28.1 Å². The van der Waals surface area contributed by atoms with Gasteiger partial charge in [0, 0.05) is 22.5 Å². The summed E-state index contributed by atoms with van der Waals surface area (Å²) in [4.78, 5) is 24.6. The van der Waals surface area contributed by atoms with Gasteiger partial charge in [0.15, 0.2) is 0 Å². The van der Waals surface area contributed by atoms with Crippen LogP contribution in [0.15, 0.2) is 84.5 Å². The molecular weight excluding hydrogens is 480 g/mol. The van der Waals surface area contributed by atoms with Gasteiger partial charge in [-0.3, -0.25) is 9.59 Å². The molecule has 0 spiro atoms. The molecule has 1 aliphatic carbocycles. The molecular formula is C35H40N2O2. The number of benzene rings is 3. The molecule has 0 fully saturated rings. The third-order valence-corrected chi connectivity index (χ3v) is 7.64. The molecule has 0 aromatic heterocycles. The third-order valence-electron chi connectivity index (χ3n) is 7.64. The van der Waals surface area contributed by atoms with Crippen LogP contribution in [0, 0.1) is 54.4 Å². The zero-order chi connectivity index (χ0) is 28.9. The Labute approximate surface area is 233 Å². The first-order chi connectivity index (χ1) is 18.4. The van der Waals surface area contributed by atoms with E-state index in [0.29, 0.717) is 5.57 Å². The van der Waals surface area contributed by atoms with Gasteiger partial charge in [0.25, 0.3) is 11.8 Å². The van der Waals surface area contributed by atoms with Crippen molar-refractivity contribution in [2.45, 2.75) is 55.4 Å². The molecule has 0 heterocycles. The predicted molar refractivity (Wildman–Crippen MR) is 165 cm³/mol. The summed E-state index contributed by atoms with van der Waals surface area (Å²) in [7, 11) is 0. The molecule has 0 bridgehead atoms. The lowest BCUT2D eigenvalue weighted by molar-refractivity contribution is -0.112. The van der Waals surface area contributed by atoms with Gasteiger partial charge < -0.3 is 10.6 Å². The Hall–Kier alpha value is -4.18. The Balaban J connectivity index is 0.000000216. The second kappa shape index (κ2) is 12.6. The average Bonchev–Trinajstić information content (AvgIpc) is 2.89. The van der Waals surface area contributed by atoms with E-state index in [4.69, 9.17) is 0 Å². The Morgan fingerprint density at radius 1 is 0.667 bits per heavy atom. The monoisotopic (exact) mass is 520 g/mol. The van der Waals surface area contributed by atoms with Crippen LogP contribution in [0.4, 0.5) is 11.4 Å². The van der Waals surface area contributed by atoms with Gasteiger partial charge in [0.05, 0.1) is 0 Å². The highest BCUT2D eigenvalue weighted by molar-refractivity contribution is 6.07. The maximum Gasteiger partial charge on any atom is 0.255 e. The number of hydrogen-bond donors (Lipinski definition) is 2. The summed E-state index contributed by atoms with van der Waals surface area (Å²) in [5.74, 6) is 0.0730. The number of nitrogens with one attached hydrogen (secondary N) is 2. The maximum absolute atomic E-state index is 12.4. The van der Waals surface area contributed by atoms with E-state index in [1.807, 2.05) is 94.5 Å². The Morgan fingerprint density at radius 2 is 1.18 bits per heavy atom. The molecule has 202 valence electrons. The minimum atomic E-state index is -0.0931. The highest BCUT2D eigenvalue weighted by atomic mass is 16.2. The van der Waals surface area contributed by atoms with Crippen LogP contribution in [0.25, 0.3) is 0 Å². The molecule has 39 heavy (non-hydrogen) atoms. The third kappa shape index (κ3) is 7.23. The highest BCUT2D eigenvalue weighted by Gasteiger charge is 2.18. The van der Waals surface area contributed by atoms with Crippen molar-refractivity contribution in [2.24, 2.45) is 5.92 Å². The lowest BCUT2D eigenvalue weighted by atomic mass is 9.90. The van der Waals surface area contributed by atoms with Crippen LogP contribution in [0.2, 0.25) is 0 Å². The van der Waals surface area contributed by atoms with Crippen LogP contribution in [0.3, 0.4) is 0 Å². The van der Waals surface area contributed by atoms with Crippen molar-refractivity contribution in [3.8, 4) is 0 Å². The fraction of sp³-hybridized carbons (Fsp3) is 0.257. The van der Waals surface area contributed by atoms with E-state index in [1.54, 1.807) is 0 Å². The number of amides is 2. The van der Waals surface area contributed by atoms with Gasteiger partial charge in [0.2, 0.25) is 0 Å². The van der Waals surface area contributed by atoms with Crippen molar-refractivity contribution in [2.75, 3.05) is 10.6 Å². The van der Waals surface area contributed by atoms with Crippen molar-refractivity contribution in [1.29, 1.82) is 0 Å². The van der Waals surface area contributed by atoms with Gasteiger partial charge in [-0.25, -0.2) is 0 Å². The molecule has 4 rings (SSSR count). The lowest BCUT2D eigenvalue weighted by Gasteiger charge is -2.18. The van der Waals surface area contributed by atoms with Crippen LogP contribution in [-0.2, 0) is 4.79 Å². The molecule has 1 unspecified atom stereocenters. The Bertz CT molecular complexity index is 1490. The SMILES string of the molecule is C=C1C(C(=O)Nc2ccc(C)c(C)c2)=CC=CC1C.Cc1ccc(NC(=O)c2ccc(C)c(C)c2C)cc1C. The van der Waals surface area contributed by atoms with Crippen LogP contribution < -0.4 is 10.6 Å². The Morgan fingerprint density at radius 3 is 1.72 bits per heavy atom. The number of carbonyl (C=O) groups excluding carboxylic acids is 2. The van der Waals surface area contributed by atoms with E-state index in [2.05, 4.69) is 44.9 Å². The minimum Gasteiger partial charge on any atom is -0.322 e. The van der Waals surface area contributed by atoms with Gasteiger partial charge >= 0.3 is 0 Å². The van der Waals surface area contributed by atoms with Gasteiger partial charge in [-0.15, -0.1) is 0 Å². The quantitative estimate of drug-likeness (QED) is 0.363. The molecule has 0 radical (unpaired) electrons. The van der Waals surface area contributed by atoms with Crippen LogP contribution >= 0.6 is 0 Å². The first-order valence-electron chi connectivity index (χ1n) is 13.3. The molecule has 2 N–H and O–H groups in total. The molecule has 3 aromatic carbocycles.